The number of carbonyl (C=O) groups excluding carboxylic acids is 2. The number of carboxylic acids is 1. The summed E-state index contributed by atoms with van der Waals surface area (Å²) in [5.41, 5.74) is 6.63. The van der Waals surface area contributed by atoms with Crippen LogP contribution in [0.4, 0.5) is 13.2 Å². The molecule has 0 fully saturated rings. The van der Waals surface area contributed by atoms with Crippen molar-refractivity contribution < 1.29 is 32.7 Å². The zero-order valence-electron chi connectivity index (χ0n) is 17.2. The molecule has 12 heteroatoms. The van der Waals surface area contributed by atoms with Crippen LogP contribution < -0.4 is 11.1 Å². The van der Waals surface area contributed by atoms with E-state index in [-0.39, 0.29) is 17.4 Å². The molecule has 0 aliphatic rings. The van der Waals surface area contributed by atoms with Crippen LogP contribution in [-0.2, 0) is 4.79 Å². The SMILES string of the molecule is NCCCC[C@H](NC(=O)c1ccccn1)C(=O)c1nc2ccccc2s1.O=C(O)C(F)(F)F. The van der Waals surface area contributed by atoms with Gasteiger partial charge in [-0.25, -0.2) is 9.78 Å². The molecule has 3 rings (SSSR count). The Morgan fingerprint density at radius 2 is 1.76 bits per heavy atom. The highest BCUT2D eigenvalue weighted by molar-refractivity contribution is 7.20. The monoisotopic (exact) mass is 482 g/mol. The second-order valence-corrected chi connectivity index (χ2v) is 7.71. The number of fused-ring (bicyclic) bond motifs is 1. The van der Waals surface area contributed by atoms with Crippen molar-refractivity contribution >= 4 is 39.2 Å². The van der Waals surface area contributed by atoms with Crippen molar-refractivity contribution in [2.24, 2.45) is 5.73 Å². The number of alkyl halides is 3. The quantitative estimate of drug-likeness (QED) is 0.331. The summed E-state index contributed by atoms with van der Waals surface area (Å²) in [5, 5.41) is 10.3. The fraction of sp³-hybridized carbons (Fsp3) is 0.286. The van der Waals surface area contributed by atoms with Crippen LogP contribution in [0.3, 0.4) is 0 Å². The van der Waals surface area contributed by atoms with Crippen LogP contribution in [-0.4, -0.2) is 51.5 Å². The standard InChI is InChI=1S/C19H20N4O2S.C2HF3O2/c20-11-5-3-8-14(22-18(25)15-9-4-6-12-21-15)17(24)19-23-13-7-1-2-10-16(13)26-19;3-2(4,5)1(6)7/h1-2,4,6-7,9-10,12,14H,3,5,8,11,20H2,(H,22,25);(H,6,7)/t14-;/m0./s1. The van der Waals surface area contributed by atoms with E-state index in [4.69, 9.17) is 15.6 Å². The zero-order chi connectivity index (χ0) is 24.4. The number of ketones is 1. The molecule has 0 unspecified atom stereocenters. The van der Waals surface area contributed by atoms with Crippen molar-refractivity contribution in [2.75, 3.05) is 6.54 Å². The molecule has 2 heterocycles. The molecule has 1 aromatic carbocycles. The number of thiazole rings is 1. The maximum Gasteiger partial charge on any atom is 0.490 e. The number of Topliss-reactive ketones (excluding diaryl/α,β-unsaturated/α-hetero) is 1. The number of aromatic nitrogens is 2. The van der Waals surface area contributed by atoms with Gasteiger partial charge in [-0.1, -0.05) is 18.2 Å². The zero-order valence-corrected chi connectivity index (χ0v) is 18.0. The first kappa shape index (κ1) is 25.9. The van der Waals surface area contributed by atoms with Crippen LogP contribution in [0, 0.1) is 0 Å². The van der Waals surface area contributed by atoms with Crippen LogP contribution in [0.15, 0.2) is 48.7 Å². The number of hydrogen-bond donors (Lipinski definition) is 3. The first-order chi connectivity index (χ1) is 15.6. The minimum atomic E-state index is -5.08. The van der Waals surface area contributed by atoms with Gasteiger partial charge in [0.25, 0.3) is 5.91 Å². The fourth-order valence-corrected chi connectivity index (χ4v) is 3.58. The maximum absolute atomic E-state index is 13.0. The molecule has 0 spiro atoms. The van der Waals surface area contributed by atoms with E-state index in [1.807, 2.05) is 24.3 Å². The third-order valence-corrected chi connectivity index (χ3v) is 5.26. The Morgan fingerprint density at radius 1 is 1.09 bits per heavy atom. The molecule has 1 atom stereocenters. The first-order valence-corrected chi connectivity index (χ1v) is 10.6. The van der Waals surface area contributed by atoms with E-state index in [1.54, 1.807) is 24.4 Å². The predicted octanol–water partition coefficient (Wildman–Crippen LogP) is 3.43. The Labute approximate surface area is 190 Å². The minimum absolute atomic E-state index is 0.174. The first-order valence-electron chi connectivity index (χ1n) is 9.75. The Balaban J connectivity index is 0.000000479. The van der Waals surface area contributed by atoms with Gasteiger partial charge in [-0.3, -0.25) is 14.6 Å². The van der Waals surface area contributed by atoms with Gasteiger partial charge in [0.1, 0.15) is 5.69 Å². The lowest BCUT2D eigenvalue weighted by molar-refractivity contribution is -0.192. The minimum Gasteiger partial charge on any atom is -0.475 e. The van der Waals surface area contributed by atoms with Crippen LogP contribution in [0.5, 0.6) is 0 Å². The second kappa shape index (κ2) is 12.0. The van der Waals surface area contributed by atoms with E-state index in [1.165, 1.54) is 11.3 Å². The molecule has 8 nitrogen and oxygen atoms in total. The third-order valence-electron chi connectivity index (χ3n) is 4.21. The van der Waals surface area contributed by atoms with Gasteiger partial charge in [-0.05, 0) is 50.1 Å². The van der Waals surface area contributed by atoms with Crippen LogP contribution in [0.1, 0.15) is 39.6 Å². The van der Waals surface area contributed by atoms with Gasteiger partial charge in [-0.15, -0.1) is 11.3 Å². The summed E-state index contributed by atoms with van der Waals surface area (Å²) in [6, 6.07) is 12.1. The largest absolute Gasteiger partial charge is 0.490 e. The van der Waals surface area contributed by atoms with Gasteiger partial charge in [0.15, 0.2) is 5.01 Å². The number of carboxylic acid groups (broad SMARTS) is 1. The lowest BCUT2D eigenvalue weighted by Crippen LogP contribution is -2.41. The molecule has 1 amide bonds. The summed E-state index contributed by atoms with van der Waals surface area (Å²) in [5.74, 6) is -3.29. The van der Waals surface area contributed by atoms with E-state index >= 15 is 0 Å². The highest BCUT2D eigenvalue weighted by Crippen LogP contribution is 2.23. The van der Waals surface area contributed by atoms with Crippen LogP contribution in [0.2, 0.25) is 0 Å². The maximum atomic E-state index is 13.0. The Kier molecular flexibility index (Phi) is 9.43. The molecule has 3 aromatic rings. The van der Waals surface area contributed by atoms with E-state index in [0.717, 1.165) is 23.1 Å². The number of rotatable bonds is 8. The molecule has 0 saturated heterocycles. The Morgan fingerprint density at radius 3 is 2.33 bits per heavy atom. The number of carbonyl (C=O) groups is 3. The number of nitrogens with one attached hydrogen (secondary N) is 1. The van der Waals surface area contributed by atoms with Gasteiger partial charge < -0.3 is 16.2 Å². The molecule has 0 saturated carbocycles. The lowest BCUT2D eigenvalue weighted by atomic mass is 10.1. The molecular weight excluding hydrogens is 461 g/mol. The molecule has 0 radical (unpaired) electrons. The fourth-order valence-electron chi connectivity index (χ4n) is 2.62. The lowest BCUT2D eigenvalue weighted by Gasteiger charge is -2.16. The number of hydrogen-bond acceptors (Lipinski definition) is 7. The normalized spacial score (nSPS) is 11.9. The summed E-state index contributed by atoms with van der Waals surface area (Å²) in [7, 11) is 0. The average molecular weight is 482 g/mol. The molecule has 0 aliphatic carbocycles. The summed E-state index contributed by atoms with van der Waals surface area (Å²) < 4.78 is 32.7. The highest BCUT2D eigenvalue weighted by atomic mass is 32.1. The summed E-state index contributed by atoms with van der Waals surface area (Å²) in [4.78, 5) is 42.7. The highest BCUT2D eigenvalue weighted by Gasteiger charge is 2.38. The molecule has 33 heavy (non-hydrogen) atoms. The van der Waals surface area contributed by atoms with Gasteiger partial charge in [-0.2, -0.15) is 13.2 Å². The number of nitrogens with two attached hydrogens (primary N) is 1. The number of halogens is 3. The van der Waals surface area contributed by atoms with E-state index < -0.39 is 18.2 Å². The van der Waals surface area contributed by atoms with Crippen LogP contribution >= 0.6 is 11.3 Å². The van der Waals surface area contributed by atoms with Gasteiger partial charge in [0.05, 0.1) is 16.3 Å². The summed E-state index contributed by atoms with van der Waals surface area (Å²) in [6.45, 7) is 0.552. The van der Waals surface area contributed by atoms with Gasteiger partial charge in [0.2, 0.25) is 5.78 Å². The molecule has 2 aromatic heterocycles. The molecule has 4 N–H and O–H groups in total. The van der Waals surface area contributed by atoms with Crippen molar-refractivity contribution in [3.63, 3.8) is 0 Å². The van der Waals surface area contributed by atoms with Gasteiger partial charge in [0, 0.05) is 6.20 Å². The Bertz CT molecular complexity index is 1060. The van der Waals surface area contributed by atoms with Crippen molar-refractivity contribution in [1.29, 1.82) is 0 Å². The third kappa shape index (κ3) is 7.91. The number of unbranched alkanes of at least 4 members (excludes halogenated alkanes) is 1. The number of para-hydroxylation sites is 1. The van der Waals surface area contributed by atoms with E-state index in [9.17, 15) is 22.8 Å². The summed E-state index contributed by atoms with van der Waals surface area (Å²) >= 11 is 1.34. The average Bonchev–Trinajstić information content (AvgIpc) is 3.22. The summed E-state index contributed by atoms with van der Waals surface area (Å²) in [6.07, 6.45) is -1.47. The van der Waals surface area contributed by atoms with Crippen molar-refractivity contribution in [3.8, 4) is 0 Å². The predicted molar refractivity (Wildman–Crippen MR) is 116 cm³/mol. The van der Waals surface area contributed by atoms with Crippen molar-refractivity contribution in [1.82, 2.24) is 15.3 Å². The number of nitrogens with zero attached hydrogens (tertiary/aromatic N) is 2. The van der Waals surface area contributed by atoms with Crippen molar-refractivity contribution in [2.45, 2.75) is 31.5 Å². The topological polar surface area (TPSA) is 135 Å². The van der Waals surface area contributed by atoms with Crippen LogP contribution in [0.25, 0.3) is 10.2 Å². The number of amides is 1. The van der Waals surface area contributed by atoms with E-state index in [2.05, 4.69) is 15.3 Å². The second-order valence-electron chi connectivity index (χ2n) is 6.68. The van der Waals surface area contributed by atoms with Crippen molar-refractivity contribution in [3.05, 3.63) is 59.4 Å². The number of pyridine rings is 1. The molecule has 176 valence electrons. The van der Waals surface area contributed by atoms with Gasteiger partial charge >= 0.3 is 12.1 Å². The molecular formula is C21H21F3N4O4S. The Hall–Kier alpha value is -3.38. The smallest absolute Gasteiger partial charge is 0.475 e. The number of benzene rings is 1. The van der Waals surface area contributed by atoms with E-state index in [0.29, 0.717) is 18.0 Å². The molecule has 0 bridgehead atoms. The molecule has 0 aliphatic heterocycles. The number of aliphatic carboxylic acids is 1.